The summed E-state index contributed by atoms with van der Waals surface area (Å²) >= 11 is 0. The lowest BCUT2D eigenvalue weighted by Crippen LogP contribution is -2.31. The SMILES string of the molecule is COc1ccc(C(=O)NC2CC2)cc1N1C(=O)c2ccccc2C1=O. The summed E-state index contributed by atoms with van der Waals surface area (Å²) in [6, 6.07) is 11.6. The fraction of sp³-hybridized carbons (Fsp3) is 0.211. The maximum Gasteiger partial charge on any atom is 0.266 e. The van der Waals surface area contributed by atoms with Crippen molar-refractivity contribution < 1.29 is 19.1 Å². The van der Waals surface area contributed by atoms with Gasteiger partial charge in [0.1, 0.15) is 5.75 Å². The molecule has 1 fully saturated rings. The van der Waals surface area contributed by atoms with E-state index < -0.39 is 11.8 Å². The van der Waals surface area contributed by atoms with Gasteiger partial charge in [-0.05, 0) is 43.2 Å². The summed E-state index contributed by atoms with van der Waals surface area (Å²) in [4.78, 5) is 38.8. The van der Waals surface area contributed by atoms with Crippen molar-refractivity contribution in [3.63, 3.8) is 0 Å². The number of nitrogens with one attached hydrogen (secondary N) is 1. The number of ether oxygens (including phenoxy) is 1. The molecule has 1 aliphatic carbocycles. The third-order valence-electron chi connectivity index (χ3n) is 4.39. The number of anilines is 1. The first-order valence-electron chi connectivity index (χ1n) is 8.07. The molecule has 4 rings (SSSR count). The predicted molar refractivity (Wildman–Crippen MR) is 91.1 cm³/mol. The summed E-state index contributed by atoms with van der Waals surface area (Å²) in [6.45, 7) is 0. The van der Waals surface area contributed by atoms with E-state index in [0.717, 1.165) is 17.7 Å². The molecule has 3 amide bonds. The largest absolute Gasteiger partial charge is 0.495 e. The van der Waals surface area contributed by atoms with Crippen molar-refractivity contribution >= 4 is 23.4 Å². The molecule has 2 aromatic carbocycles. The first-order chi connectivity index (χ1) is 12.1. The molecule has 0 bridgehead atoms. The number of hydrogen-bond acceptors (Lipinski definition) is 4. The van der Waals surface area contributed by atoms with Crippen LogP contribution in [0.2, 0.25) is 0 Å². The van der Waals surface area contributed by atoms with Gasteiger partial charge in [0.05, 0.1) is 23.9 Å². The Bertz CT molecular complexity index is 867. The van der Waals surface area contributed by atoms with E-state index in [1.165, 1.54) is 13.2 Å². The average Bonchev–Trinajstić information content (AvgIpc) is 3.41. The van der Waals surface area contributed by atoms with Crippen LogP contribution in [-0.4, -0.2) is 30.9 Å². The van der Waals surface area contributed by atoms with E-state index in [4.69, 9.17) is 4.74 Å². The predicted octanol–water partition coefficient (Wildman–Crippen LogP) is 2.39. The highest BCUT2D eigenvalue weighted by atomic mass is 16.5. The molecule has 2 aliphatic rings. The molecule has 0 unspecified atom stereocenters. The molecule has 2 aromatic rings. The Labute approximate surface area is 144 Å². The van der Waals surface area contributed by atoms with E-state index in [0.29, 0.717) is 22.4 Å². The minimum Gasteiger partial charge on any atom is -0.495 e. The van der Waals surface area contributed by atoms with Gasteiger partial charge in [-0.25, -0.2) is 4.90 Å². The zero-order chi connectivity index (χ0) is 17.6. The number of carbonyl (C=O) groups is 3. The van der Waals surface area contributed by atoms with E-state index in [1.807, 2.05) is 0 Å². The van der Waals surface area contributed by atoms with Crippen LogP contribution in [0.15, 0.2) is 42.5 Å². The van der Waals surface area contributed by atoms with E-state index in [1.54, 1.807) is 36.4 Å². The maximum atomic E-state index is 12.7. The van der Waals surface area contributed by atoms with Gasteiger partial charge in [-0.3, -0.25) is 14.4 Å². The molecule has 0 saturated heterocycles. The first kappa shape index (κ1) is 15.4. The highest BCUT2D eigenvalue weighted by Crippen LogP contribution is 2.35. The second kappa shape index (κ2) is 5.73. The van der Waals surface area contributed by atoms with E-state index in [-0.39, 0.29) is 17.6 Å². The minimum atomic E-state index is -0.418. The van der Waals surface area contributed by atoms with Crippen LogP contribution < -0.4 is 15.0 Å². The normalized spacial score (nSPS) is 16.0. The topological polar surface area (TPSA) is 75.7 Å². The summed E-state index contributed by atoms with van der Waals surface area (Å²) in [6.07, 6.45) is 1.96. The average molecular weight is 336 g/mol. The van der Waals surface area contributed by atoms with Crippen LogP contribution in [0.1, 0.15) is 43.9 Å². The van der Waals surface area contributed by atoms with Crippen LogP contribution >= 0.6 is 0 Å². The summed E-state index contributed by atoms with van der Waals surface area (Å²) in [5, 5.41) is 2.90. The lowest BCUT2D eigenvalue weighted by atomic mass is 10.1. The van der Waals surface area contributed by atoms with Gasteiger partial charge in [0, 0.05) is 11.6 Å². The Morgan fingerprint density at radius 1 is 1.08 bits per heavy atom. The number of rotatable bonds is 4. The van der Waals surface area contributed by atoms with Crippen molar-refractivity contribution in [2.75, 3.05) is 12.0 Å². The summed E-state index contributed by atoms with van der Waals surface area (Å²) in [5.74, 6) is -0.696. The Hall–Kier alpha value is -3.15. The molecule has 0 radical (unpaired) electrons. The van der Waals surface area contributed by atoms with Crippen molar-refractivity contribution in [2.24, 2.45) is 0 Å². The smallest absolute Gasteiger partial charge is 0.266 e. The van der Waals surface area contributed by atoms with E-state index >= 15 is 0 Å². The fourth-order valence-electron chi connectivity index (χ4n) is 2.91. The third-order valence-corrected chi connectivity index (χ3v) is 4.39. The number of hydrogen-bond donors (Lipinski definition) is 1. The highest BCUT2D eigenvalue weighted by molar-refractivity contribution is 6.35. The van der Waals surface area contributed by atoms with Crippen molar-refractivity contribution in [1.29, 1.82) is 0 Å². The van der Waals surface area contributed by atoms with Gasteiger partial charge in [0.2, 0.25) is 0 Å². The molecule has 6 nitrogen and oxygen atoms in total. The second-order valence-electron chi connectivity index (χ2n) is 6.13. The van der Waals surface area contributed by atoms with E-state index in [9.17, 15) is 14.4 Å². The second-order valence-corrected chi connectivity index (χ2v) is 6.13. The lowest BCUT2D eigenvalue weighted by Gasteiger charge is -2.18. The van der Waals surface area contributed by atoms with Gasteiger partial charge in [0.25, 0.3) is 17.7 Å². The number of amides is 3. The molecule has 1 saturated carbocycles. The van der Waals surface area contributed by atoms with Crippen molar-refractivity contribution in [3.05, 3.63) is 59.2 Å². The molecule has 25 heavy (non-hydrogen) atoms. The van der Waals surface area contributed by atoms with Crippen LogP contribution in [0.5, 0.6) is 5.75 Å². The Kier molecular flexibility index (Phi) is 3.53. The monoisotopic (exact) mass is 336 g/mol. The van der Waals surface area contributed by atoms with Gasteiger partial charge in [0.15, 0.2) is 0 Å². The van der Waals surface area contributed by atoms with Gasteiger partial charge in [-0.15, -0.1) is 0 Å². The number of carbonyl (C=O) groups excluding carboxylic acids is 3. The van der Waals surface area contributed by atoms with Gasteiger partial charge in [-0.1, -0.05) is 12.1 Å². The maximum absolute atomic E-state index is 12.7. The Balaban J connectivity index is 1.75. The molecular weight excluding hydrogens is 320 g/mol. The van der Waals surface area contributed by atoms with Crippen LogP contribution in [0.3, 0.4) is 0 Å². The number of nitrogens with zero attached hydrogens (tertiary/aromatic N) is 1. The van der Waals surface area contributed by atoms with Crippen molar-refractivity contribution in [2.45, 2.75) is 18.9 Å². The number of benzene rings is 2. The standard InChI is InChI=1S/C19H16N2O4/c1-25-16-9-6-11(17(22)20-12-7-8-12)10-15(16)21-18(23)13-4-2-3-5-14(13)19(21)24/h2-6,9-10,12H,7-8H2,1H3,(H,20,22). The highest BCUT2D eigenvalue weighted by Gasteiger charge is 2.38. The van der Waals surface area contributed by atoms with Crippen LogP contribution in [0, 0.1) is 0 Å². The molecular formula is C19H16N2O4. The number of methoxy groups -OCH3 is 1. The van der Waals surface area contributed by atoms with Crippen molar-refractivity contribution in [1.82, 2.24) is 5.32 Å². The van der Waals surface area contributed by atoms with E-state index in [2.05, 4.69) is 5.32 Å². The van der Waals surface area contributed by atoms with Crippen LogP contribution in [0.4, 0.5) is 5.69 Å². The molecule has 1 N–H and O–H groups in total. The quantitative estimate of drug-likeness (QED) is 0.870. The zero-order valence-electron chi connectivity index (χ0n) is 13.6. The van der Waals surface area contributed by atoms with Crippen LogP contribution in [0.25, 0.3) is 0 Å². The summed E-state index contributed by atoms with van der Waals surface area (Å²) in [5.41, 5.74) is 1.36. The molecule has 0 spiro atoms. The van der Waals surface area contributed by atoms with Gasteiger partial charge in [-0.2, -0.15) is 0 Å². The summed E-state index contributed by atoms with van der Waals surface area (Å²) in [7, 11) is 1.46. The number of imide groups is 1. The third kappa shape index (κ3) is 2.55. The molecule has 0 aromatic heterocycles. The Morgan fingerprint density at radius 3 is 2.28 bits per heavy atom. The van der Waals surface area contributed by atoms with Crippen molar-refractivity contribution in [3.8, 4) is 5.75 Å². The minimum absolute atomic E-state index is 0.219. The zero-order valence-corrected chi connectivity index (χ0v) is 13.6. The number of fused-ring (bicyclic) bond motifs is 1. The van der Waals surface area contributed by atoms with Gasteiger partial charge < -0.3 is 10.1 Å². The fourth-order valence-corrected chi connectivity index (χ4v) is 2.91. The van der Waals surface area contributed by atoms with Crippen LogP contribution in [-0.2, 0) is 0 Å². The molecule has 1 heterocycles. The molecule has 0 atom stereocenters. The summed E-state index contributed by atoms with van der Waals surface area (Å²) < 4.78 is 5.30. The van der Waals surface area contributed by atoms with Gasteiger partial charge >= 0.3 is 0 Å². The molecule has 6 heteroatoms. The Morgan fingerprint density at radius 2 is 1.72 bits per heavy atom. The first-order valence-corrected chi connectivity index (χ1v) is 8.07. The molecule has 126 valence electrons. The molecule has 1 aliphatic heterocycles. The lowest BCUT2D eigenvalue weighted by molar-refractivity contribution is 0.0918.